The van der Waals surface area contributed by atoms with Crippen molar-refractivity contribution in [1.29, 1.82) is 0 Å². The van der Waals surface area contributed by atoms with Gasteiger partial charge in [0, 0.05) is 13.0 Å². The van der Waals surface area contributed by atoms with Crippen LogP contribution in [0.15, 0.2) is 54.6 Å². The maximum atomic E-state index is 11.1. The van der Waals surface area contributed by atoms with Crippen molar-refractivity contribution in [2.45, 2.75) is 59.1 Å². The number of halogens is 1. The van der Waals surface area contributed by atoms with Crippen molar-refractivity contribution in [3.63, 3.8) is 0 Å². The lowest BCUT2D eigenvalue weighted by Gasteiger charge is -2.18. The van der Waals surface area contributed by atoms with E-state index in [4.69, 9.17) is 16.3 Å². The fourth-order valence-corrected chi connectivity index (χ4v) is 5.02. The van der Waals surface area contributed by atoms with E-state index in [1.54, 1.807) is 6.92 Å². The van der Waals surface area contributed by atoms with Crippen molar-refractivity contribution in [3.05, 3.63) is 87.4 Å². The number of carbonyl (C=O) groups excluding carboxylic acids is 1. The topological polar surface area (TPSA) is 38.3 Å². The van der Waals surface area contributed by atoms with E-state index < -0.39 is 0 Å². The highest BCUT2D eigenvalue weighted by Crippen LogP contribution is 2.40. The highest BCUT2D eigenvalue weighted by atomic mass is 35.5. The van der Waals surface area contributed by atoms with Gasteiger partial charge in [-0.1, -0.05) is 60.1 Å². The summed E-state index contributed by atoms with van der Waals surface area (Å²) in [5.41, 5.74) is 8.77. The van der Waals surface area contributed by atoms with E-state index in [0.717, 1.165) is 44.5 Å². The molecular weight excluding hydrogens is 430 g/mol. The van der Waals surface area contributed by atoms with Crippen molar-refractivity contribution in [2.75, 3.05) is 6.54 Å². The normalized spacial score (nSPS) is 12.6. The quantitative estimate of drug-likeness (QED) is 0.336. The lowest BCUT2D eigenvalue weighted by Crippen LogP contribution is -2.17. The van der Waals surface area contributed by atoms with Gasteiger partial charge in [0.05, 0.1) is 5.02 Å². The smallest absolute Gasteiger partial charge is 0.141 e. The first kappa shape index (κ1) is 23.5. The zero-order valence-corrected chi connectivity index (χ0v) is 20.3. The Balaban J connectivity index is 1.48. The van der Waals surface area contributed by atoms with Crippen LogP contribution in [0.3, 0.4) is 0 Å². The molecule has 0 aromatic heterocycles. The summed E-state index contributed by atoms with van der Waals surface area (Å²) in [5, 5.41) is 4.16. The van der Waals surface area contributed by atoms with Crippen LogP contribution >= 0.6 is 11.6 Å². The third-order valence-electron chi connectivity index (χ3n) is 6.50. The monoisotopic (exact) mass is 461 g/mol. The average Bonchev–Trinajstić information content (AvgIpc) is 3.30. The second-order valence-electron chi connectivity index (χ2n) is 8.88. The van der Waals surface area contributed by atoms with Gasteiger partial charge in [0.2, 0.25) is 0 Å². The number of ether oxygens (including phenoxy) is 1. The first-order valence-corrected chi connectivity index (χ1v) is 12.2. The van der Waals surface area contributed by atoms with Gasteiger partial charge in [-0.05, 0) is 91.1 Å². The second kappa shape index (κ2) is 11.0. The molecule has 0 radical (unpaired) electrons. The molecule has 4 rings (SSSR count). The minimum absolute atomic E-state index is 0.242. The van der Waals surface area contributed by atoms with Crippen LogP contribution in [0, 0.1) is 6.92 Å². The fraction of sp³-hybridized carbons (Fsp3) is 0.345. The summed E-state index contributed by atoms with van der Waals surface area (Å²) < 4.78 is 6.37. The van der Waals surface area contributed by atoms with E-state index in [2.05, 4.69) is 60.8 Å². The van der Waals surface area contributed by atoms with Gasteiger partial charge in [-0.15, -0.1) is 0 Å². The molecule has 0 spiro atoms. The van der Waals surface area contributed by atoms with Crippen molar-refractivity contribution >= 4 is 17.4 Å². The Bertz CT molecular complexity index is 1120. The SMILES string of the molecule is CC(=O)CCCNCc1cc(Cl)c(OCc2cccc(-c3ccccc3)c2C)c2c1CCC2. The maximum absolute atomic E-state index is 11.1. The van der Waals surface area contributed by atoms with E-state index in [1.165, 1.54) is 38.9 Å². The average molecular weight is 462 g/mol. The molecule has 0 saturated heterocycles. The molecule has 1 aliphatic rings. The molecule has 0 unspecified atom stereocenters. The van der Waals surface area contributed by atoms with Crippen LogP contribution in [0.5, 0.6) is 5.75 Å². The Morgan fingerprint density at radius 1 is 1.03 bits per heavy atom. The summed E-state index contributed by atoms with van der Waals surface area (Å²) in [5.74, 6) is 1.08. The predicted octanol–water partition coefficient (Wildman–Crippen LogP) is 6.84. The Morgan fingerprint density at radius 2 is 1.82 bits per heavy atom. The molecule has 0 heterocycles. The molecule has 3 aromatic rings. The molecule has 0 aliphatic heterocycles. The van der Waals surface area contributed by atoms with Gasteiger partial charge in [0.25, 0.3) is 0 Å². The number of hydrogen-bond acceptors (Lipinski definition) is 3. The number of benzene rings is 3. The summed E-state index contributed by atoms with van der Waals surface area (Å²) >= 11 is 6.73. The van der Waals surface area contributed by atoms with Crippen molar-refractivity contribution in [1.82, 2.24) is 5.32 Å². The fourth-order valence-electron chi connectivity index (χ4n) is 4.72. The number of rotatable bonds is 10. The lowest BCUT2D eigenvalue weighted by molar-refractivity contribution is -0.117. The van der Waals surface area contributed by atoms with Crippen molar-refractivity contribution in [2.24, 2.45) is 0 Å². The molecule has 33 heavy (non-hydrogen) atoms. The zero-order valence-electron chi connectivity index (χ0n) is 19.5. The molecule has 0 amide bonds. The molecule has 0 fully saturated rings. The second-order valence-corrected chi connectivity index (χ2v) is 9.29. The van der Waals surface area contributed by atoms with E-state index in [0.29, 0.717) is 18.1 Å². The summed E-state index contributed by atoms with van der Waals surface area (Å²) in [6, 6.07) is 18.9. The first-order chi connectivity index (χ1) is 16.0. The number of fused-ring (bicyclic) bond motifs is 1. The van der Waals surface area contributed by atoms with Crippen LogP contribution in [0.25, 0.3) is 11.1 Å². The minimum Gasteiger partial charge on any atom is -0.487 e. The summed E-state index contributed by atoms with van der Waals surface area (Å²) in [7, 11) is 0. The number of Topliss-reactive ketones (excluding diaryl/α,β-unsaturated/α-hetero) is 1. The largest absolute Gasteiger partial charge is 0.487 e. The van der Waals surface area contributed by atoms with Gasteiger partial charge in [-0.2, -0.15) is 0 Å². The molecule has 3 nitrogen and oxygen atoms in total. The highest BCUT2D eigenvalue weighted by Gasteiger charge is 2.22. The Hall–Kier alpha value is -2.62. The van der Waals surface area contributed by atoms with Crippen LogP contribution in [-0.4, -0.2) is 12.3 Å². The third-order valence-corrected chi connectivity index (χ3v) is 6.78. The van der Waals surface area contributed by atoms with E-state index in [9.17, 15) is 4.79 Å². The predicted molar refractivity (Wildman–Crippen MR) is 136 cm³/mol. The standard InChI is InChI=1S/C29H32ClNO2/c1-20(32)9-8-16-31-18-24-17-28(30)29(27-15-7-14-26(24)27)33-19-23-12-6-13-25(21(23)2)22-10-4-3-5-11-22/h3-6,10-13,17,31H,7-9,14-16,18-19H2,1-2H3. The van der Waals surface area contributed by atoms with Crippen LogP contribution in [0.2, 0.25) is 5.02 Å². The molecule has 172 valence electrons. The maximum Gasteiger partial charge on any atom is 0.141 e. The molecule has 1 N–H and O–H groups in total. The van der Waals surface area contributed by atoms with Gasteiger partial charge < -0.3 is 14.8 Å². The Labute approximate surface area is 202 Å². The molecule has 0 bridgehead atoms. The zero-order chi connectivity index (χ0) is 23.2. The van der Waals surface area contributed by atoms with Crippen LogP contribution in [-0.2, 0) is 30.8 Å². The summed E-state index contributed by atoms with van der Waals surface area (Å²) in [6.45, 7) is 5.92. The molecule has 3 aromatic carbocycles. The van der Waals surface area contributed by atoms with Gasteiger partial charge in [0.15, 0.2) is 0 Å². The molecule has 0 saturated carbocycles. The number of carbonyl (C=O) groups is 1. The van der Waals surface area contributed by atoms with Crippen molar-refractivity contribution < 1.29 is 9.53 Å². The van der Waals surface area contributed by atoms with E-state index in [1.807, 2.05) is 6.07 Å². The summed E-state index contributed by atoms with van der Waals surface area (Å²) in [4.78, 5) is 11.1. The number of ketones is 1. The van der Waals surface area contributed by atoms with Crippen LogP contribution in [0.4, 0.5) is 0 Å². The third kappa shape index (κ3) is 5.66. The van der Waals surface area contributed by atoms with Gasteiger partial charge in [0.1, 0.15) is 18.1 Å². The molecular formula is C29H32ClNO2. The van der Waals surface area contributed by atoms with Gasteiger partial charge in [-0.3, -0.25) is 0 Å². The van der Waals surface area contributed by atoms with Gasteiger partial charge in [-0.25, -0.2) is 0 Å². The number of hydrogen-bond donors (Lipinski definition) is 1. The van der Waals surface area contributed by atoms with Crippen molar-refractivity contribution in [3.8, 4) is 16.9 Å². The van der Waals surface area contributed by atoms with Crippen LogP contribution in [0.1, 0.15) is 54.0 Å². The minimum atomic E-state index is 0.242. The lowest BCUT2D eigenvalue weighted by atomic mass is 9.97. The summed E-state index contributed by atoms with van der Waals surface area (Å²) in [6.07, 6.45) is 4.70. The van der Waals surface area contributed by atoms with Gasteiger partial charge >= 0.3 is 0 Å². The first-order valence-electron chi connectivity index (χ1n) is 11.8. The van der Waals surface area contributed by atoms with Crippen LogP contribution < -0.4 is 10.1 Å². The Kier molecular flexibility index (Phi) is 7.85. The Morgan fingerprint density at radius 3 is 2.61 bits per heavy atom. The molecule has 0 atom stereocenters. The highest BCUT2D eigenvalue weighted by molar-refractivity contribution is 6.32. The molecule has 4 heteroatoms. The van der Waals surface area contributed by atoms with E-state index >= 15 is 0 Å². The molecule has 1 aliphatic carbocycles. The number of nitrogens with one attached hydrogen (secondary N) is 1. The van der Waals surface area contributed by atoms with E-state index in [-0.39, 0.29) is 5.78 Å².